The van der Waals surface area contributed by atoms with E-state index in [1.807, 2.05) is 0 Å². The molecule has 142 valence electrons. The maximum absolute atomic E-state index is 13.7. The first-order valence-electron chi connectivity index (χ1n) is 9.49. The van der Waals surface area contributed by atoms with E-state index < -0.39 is 11.8 Å². The summed E-state index contributed by atoms with van der Waals surface area (Å²) in [5.41, 5.74) is 0.328. The number of fused-ring (bicyclic) bond motifs is 5. The highest BCUT2D eigenvalue weighted by Gasteiger charge is 2.61. The Bertz CT molecular complexity index is 958. The Morgan fingerprint density at radius 3 is 2.14 bits per heavy atom. The Labute approximate surface area is 161 Å². The highest BCUT2D eigenvalue weighted by atomic mass is 19.1. The molecule has 2 aromatic rings. The largest absolute Gasteiger partial charge is 0.423 e. The fourth-order valence-electron chi connectivity index (χ4n) is 5.12. The molecule has 1 aliphatic heterocycles. The van der Waals surface area contributed by atoms with E-state index >= 15 is 0 Å². The Morgan fingerprint density at radius 2 is 1.54 bits per heavy atom. The zero-order valence-electron chi connectivity index (χ0n) is 15.0. The summed E-state index contributed by atoms with van der Waals surface area (Å²) in [6.07, 6.45) is 3.05. The van der Waals surface area contributed by atoms with Gasteiger partial charge in [0.15, 0.2) is 0 Å². The summed E-state index contributed by atoms with van der Waals surface area (Å²) in [5.74, 6) is -1.15. The number of carbonyl (C=O) groups is 3. The molecule has 3 aliphatic rings. The number of amides is 2. The molecule has 1 heterocycles. The third-order valence-corrected chi connectivity index (χ3v) is 6.33. The van der Waals surface area contributed by atoms with E-state index in [1.165, 1.54) is 35.2 Å². The molecule has 0 radical (unpaired) electrons. The van der Waals surface area contributed by atoms with E-state index in [2.05, 4.69) is 0 Å². The van der Waals surface area contributed by atoms with Crippen molar-refractivity contribution in [2.24, 2.45) is 23.7 Å². The van der Waals surface area contributed by atoms with Gasteiger partial charge in [-0.05, 0) is 67.5 Å². The first kappa shape index (κ1) is 17.1. The minimum absolute atomic E-state index is 0.113. The smallest absolute Gasteiger partial charge is 0.346 e. The van der Waals surface area contributed by atoms with Gasteiger partial charge in [-0.2, -0.15) is 0 Å². The number of imide groups is 1. The molecule has 2 amide bonds. The second-order valence-corrected chi connectivity index (χ2v) is 7.76. The van der Waals surface area contributed by atoms with Crippen LogP contribution in [0.4, 0.5) is 10.1 Å². The number of rotatable bonds is 3. The fraction of sp³-hybridized carbons (Fsp3) is 0.318. The van der Waals surface area contributed by atoms with E-state index in [9.17, 15) is 18.8 Å². The molecule has 3 fully saturated rings. The fourth-order valence-corrected chi connectivity index (χ4v) is 5.12. The second-order valence-electron chi connectivity index (χ2n) is 7.76. The maximum atomic E-state index is 13.7. The van der Waals surface area contributed by atoms with Crippen molar-refractivity contribution in [2.45, 2.75) is 19.3 Å². The van der Waals surface area contributed by atoms with Gasteiger partial charge >= 0.3 is 5.97 Å². The molecule has 28 heavy (non-hydrogen) atoms. The van der Waals surface area contributed by atoms with Crippen LogP contribution in [0.15, 0.2) is 48.5 Å². The number of halogens is 1. The van der Waals surface area contributed by atoms with Gasteiger partial charge in [-0.3, -0.25) is 14.5 Å². The predicted molar refractivity (Wildman–Crippen MR) is 98.1 cm³/mol. The number of anilines is 1. The van der Waals surface area contributed by atoms with Gasteiger partial charge in [0.2, 0.25) is 11.8 Å². The van der Waals surface area contributed by atoms with Gasteiger partial charge < -0.3 is 4.74 Å². The van der Waals surface area contributed by atoms with E-state index in [0.29, 0.717) is 17.5 Å². The van der Waals surface area contributed by atoms with Gasteiger partial charge in [-0.25, -0.2) is 9.18 Å². The quantitative estimate of drug-likeness (QED) is 0.465. The van der Waals surface area contributed by atoms with Crippen LogP contribution in [0.2, 0.25) is 0 Å². The molecule has 2 bridgehead atoms. The molecule has 2 aliphatic carbocycles. The lowest BCUT2D eigenvalue weighted by Gasteiger charge is -2.19. The highest BCUT2D eigenvalue weighted by molar-refractivity contribution is 6.22. The molecule has 0 N–H and O–H groups in total. The maximum Gasteiger partial charge on any atom is 0.346 e. The molecule has 2 saturated carbocycles. The van der Waals surface area contributed by atoms with Crippen molar-refractivity contribution < 1.29 is 23.5 Å². The first-order valence-corrected chi connectivity index (χ1v) is 9.49. The van der Waals surface area contributed by atoms with Crippen LogP contribution < -0.4 is 9.64 Å². The van der Waals surface area contributed by atoms with Gasteiger partial charge in [0.25, 0.3) is 0 Å². The van der Waals surface area contributed by atoms with Crippen LogP contribution in [0.25, 0.3) is 0 Å². The summed E-state index contributed by atoms with van der Waals surface area (Å²) in [6.45, 7) is 0. The minimum Gasteiger partial charge on any atom is -0.423 e. The van der Waals surface area contributed by atoms with Crippen molar-refractivity contribution in [1.82, 2.24) is 0 Å². The molecular formula is C22H18FNO4. The van der Waals surface area contributed by atoms with E-state index in [4.69, 9.17) is 4.74 Å². The number of hydrogen-bond donors (Lipinski definition) is 0. The predicted octanol–water partition coefficient (Wildman–Crippen LogP) is 3.58. The lowest BCUT2D eigenvalue weighted by Crippen LogP contribution is -2.32. The van der Waals surface area contributed by atoms with Gasteiger partial charge in [0.05, 0.1) is 23.1 Å². The number of carbonyl (C=O) groups excluding carboxylic acids is 3. The zero-order chi connectivity index (χ0) is 19.4. The number of benzene rings is 2. The van der Waals surface area contributed by atoms with Crippen LogP contribution in [-0.2, 0) is 9.59 Å². The average molecular weight is 379 g/mol. The topological polar surface area (TPSA) is 63.7 Å². The minimum atomic E-state index is -0.801. The van der Waals surface area contributed by atoms with E-state index in [0.717, 1.165) is 19.3 Å². The number of ether oxygens (including phenoxy) is 1. The monoisotopic (exact) mass is 379 g/mol. The summed E-state index contributed by atoms with van der Waals surface area (Å²) in [7, 11) is 0. The molecular weight excluding hydrogens is 361 g/mol. The molecule has 5 nitrogen and oxygen atoms in total. The molecule has 0 spiro atoms. The van der Waals surface area contributed by atoms with Gasteiger partial charge in [-0.15, -0.1) is 0 Å². The number of esters is 1. The van der Waals surface area contributed by atoms with Gasteiger partial charge in [-0.1, -0.05) is 12.1 Å². The normalized spacial score (nSPS) is 28.0. The molecule has 1 saturated heterocycles. The Hall–Kier alpha value is -3.02. The SMILES string of the molecule is O=C(Oc1ccc(N2C(=O)[C@H]3[C@@H]4CC[C@@H](C4)[C@@H]3C2=O)cc1)c1ccccc1F. The van der Waals surface area contributed by atoms with Gasteiger partial charge in [0, 0.05) is 0 Å². The lowest BCUT2D eigenvalue weighted by atomic mass is 9.81. The van der Waals surface area contributed by atoms with Crippen molar-refractivity contribution in [3.63, 3.8) is 0 Å². The Balaban J connectivity index is 1.35. The van der Waals surface area contributed by atoms with Crippen molar-refractivity contribution in [2.75, 3.05) is 4.90 Å². The molecule has 4 atom stereocenters. The Morgan fingerprint density at radius 1 is 0.929 bits per heavy atom. The summed E-state index contributed by atoms with van der Waals surface area (Å²) in [6, 6.07) is 11.8. The van der Waals surface area contributed by atoms with Crippen molar-refractivity contribution >= 4 is 23.5 Å². The molecule has 0 aromatic heterocycles. The first-order chi connectivity index (χ1) is 13.5. The van der Waals surface area contributed by atoms with Crippen molar-refractivity contribution in [1.29, 1.82) is 0 Å². The van der Waals surface area contributed by atoms with Crippen LogP contribution in [0, 0.1) is 29.5 Å². The summed E-state index contributed by atoms with van der Waals surface area (Å²) < 4.78 is 18.9. The average Bonchev–Trinajstić information content (AvgIpc) is 3.37. The van der Waals surface area contributed by atoms with Crippen LogP contribution in [0.3, 0.4) is 0 Å². The zero-order valence-corrected chi connectivity index (χ0v) is 15.0. The molecule has 6 heteroatoms. The molecule has 0 unspecified atom stereocenters. The number of nitrogens with zero attached hydrogens (tertiary/aromatic N) is 1. The van der Waals surface area contributed by atoms with E-state index in [1.54, 1.807) is 18.2 Å². The summed E-state index contributed by atoms with van der Waals surface area (Å²) >= 11 is 0. The van der Waals surface area contributed by atoms with Crippen LogP contribution in [0.5, 0.6) is 5.75 Å². The van der Waals surface area contributed by atoms with Crippen LogP contribution in [-0.4, -0.2) is 17.8 Å². The summed E-state index contributed by atoms with van der Waals surface area (Å²) in [5, 5.41) is 0. The molecule has 5 rings (SSSR count). The standard InChI is InChI=1S/C22H18FNO4/c23-17-4-2-1-3-16(17)22(27)28-15-9-7-14(8-10-15)24-20(25)18-12-5-6-13(11-12)19(18)21(24)26/h1-4,7-10,12-13,18-19H,5-6,11H2/t12-,13+,18-,19-/m0/s1. The van der Waals surface area contributed by atoms with E-state index in [-0.39, 0.29) is 35.0 Å². The van der Waals surface area contributed by atoms with Crippen LogP contribution in [0.1, 0.15) is 29.6 Å². The summed E-state index contributed by atoms with van der Waals surface area (Å²) in [4.78, 5) is 39.1. The third kappa shape index (κ3) is 2.47. The van der Waals surface area contributed by atoms with Crippen molar-refractivity contribution in [3.8, 4) is 5.75 Å². The second kappa shape index (κ2) is 6.26. The third-order valence-electron chi connectivity index (χ3n) is 6.33. The lowest BCUT2D eigenvalue weighted by molar-refractivity contribution is -0.123. The molecule has 2 aromatic carbocycles. The van der Waals surface area contributed by atoms with Crippen molar-refractivity contribution in [3.05, 3.63) is 59.9 Å². The Kier molecular flexibility index (Phi) is 3.82. The highest BCUT2D eigenvalue weighted by Crippen LogP contribution is 2.56. The van der Waals surface area contributed by atoms with Crippen LogP contribution >= 0.6 is 0 Å². The van der Waals surface area contributed by atoms with Gasteiger partial charge in [0.1, 0.15) is 11.6 Å². The number of hydrogen-bond acceptors (Lipinski definition) is 4.